The molecule has 0 aliphatic heterocycles. The molecule has 0 bridgehead atoms. The predicted octanol–water partition coefficient (Wildman–Crippen LogP) is 3.44. The van der Waals surface area contributed by atoms with Gasteiger partial charge in [0.1, 0.15) is 0 Å². The molecule has 0 spiro atoms. The number of anilines is 1. The number of carbonyl (C=O) groups is 1. The Hall–Kier alpha value is -2.86. The van der Waals surface area contributed by atoms with E-state index in [9.17, 15) is 9.59 Å². The zero-order valence-corrected chi connectivity index (χ0v) is 16.2. The Morgan fingerprint density at radius 1 is 1.04 bits per heavy atom. The number of likely N-dealkylation sites (N-methyl/N-ethyl adjacent to an activating group) is 1. The number of rotatable bonds is 6. The molecule has 0 saturated carbocycles. The van der Waals surface area contributed by atoms with Crippen LogP contribution >= 0.6 is 0 Å². The number of hydrogen-bond donors (Lipinski definition) is 3. The highest BCUT2D eigenvalue weighted by Gasteiger charge is 2.18. The number of fused-ring (bicyclic) bond motifs is 1. The monoisotopic (exact) mass is 366 g/mol. The maximum Gasteiger partial charge on any atom is 0.323 e. The van der Waals surface area contributed by atoms with Crippen molar-refractivity contribution >= 4 is 22.6 Å². The minimum atomic E-state index is -0.296. The molecule has 6 heteroatoms. The average molecular weight is 366 g/mol. The molecule has 1 heterocycles. The molecule has 6 nitrogen and oxygen atoms in total. The number of hydrogen-bond acceptors (Lipinski definition) is 3. The van der Waals surface area contributed by atoms with Gasteiger partial charge in [0.05, 0.1) is 17.1 Å². The molecule has 2 aromatic carbocycles. The fourth-order valence-corrected chi connectivity index (χ4v) is 2.99. The van der Waals surface area contributed by atoms with Crippen molar-refractivity contribution in [1.82, 2.24) is 14.9 Å². The Labute approximate surface area is 158 Å². The van der Waals surface area contributed by atoms with Crippen LogP contribution in [0.3, 0.4) is 0 Å². The number of benzene rings is 2. The van der Waals surface area contributed by atoms with E-state index in [2.05, 4.69) is 53.4 Å². The summed E-state index contributed by atoms with van der Waals surface area (Å²) >= 11 is 0. The zero-order chi connectivity index (χ0) is 19.6. The summed E-state index contributed by atoms with van der Waals surface area (Å²) in [5, 5.41) is 2.92. The molecule has 0 saturated heterocycles. The Bertz CT molecular complexity index is 985. The molecular formula is C21H26N4O2. The van der Waals surface area contributed by atoms with Crippen molar-refractivity contribution in [2.45, 2.75) is 39.3 Å². The normalized spacial score (nSPS) is 12.7. The van der Waals surface area contributed by atoms with Crippen molar-refractivity contribution < 1.29 is 4.79 Å². The first-order valence-electron chi connectivity index (χ1n) is 9.15. The molecular weight excluding hydrogens is 340 g/mol. The molecule has 1 atom stereocenters. The second-order valence-electron chi connectivity index (χ2n) is 7.32. The van der Waals surface area contributed by atoms with Crippen LogP contribution in [0, 0.1) is 0 Å². The maximum absolute atomic E-state index is 12.6. The number of carbonyl (C=O) groups excluding carboxylic acids is 1. The molecule has 1 unspecified atom stereocenters. The number of nitrogens with one attached hydrogen (secondary N) is 3. The molecule has 0 radical (unpaired) electrons. The van der Waals surface area contributed by atoms with Gasteiger partial charge in [0.25, 0.3) is 0 Å². The number of amides is 1. The highest BCUT2D eigenvalue weighted by atomic mass is 16.2. The largest absolute Gasteiger partial charge is 0.325 e. The highest BCUT2D eigenvalue weighted by Crippen LogP contribution is 2.17. The molecule has 27 heavy (non-hydrogen) atoms. The van der Waals surface area contributed by atoms with Gasteiger partial charge < -0.3 is 15.3 Å². The standard InChI is InChI=1S/C21H26N4O2/c1-13(2)16-7-5-15(6-8-16)12-25(4)14(3)20(26)22-17-9-10-18-19(11-17)24-21(27)23-18/h5-11,13-14H,12H2,1-4H3,(H,22,26)(H2,23,24,27). The van der Waals surface area contributed by atoms with Gasteiger partial charge in [0.2, 0.25) is 5.91 Å². The van der Waals surface area contributed by atoms with Crippen molar-refractivity contribution in [1.29, 1.82) is 0 Å². The summed E-state index contributed by atoms with van der Waals surface area (Å²) in [6, 6.07) is 13.5. The maximum atomic E-state index is 12.6. The summed E-state index contributed by atoms with van der Waals surface area (Å²) in [5.74, 6) is 0.419. The van der Waals surface area contributed by atoms with E-state index in [1.54, 1.807) is 18.2 Å². The van der Waals surface area contributed by atoms with Crippen LogP contribution < -0.4 is 11.0 Å². The Balaban J connectivity index is 1.63. The van der Waals surface area contributed by atoms with Gasteiger partial charge in [-0.25, -0.2) is 4.79 Å². The average Bonchev–Trinajstić information content (AvgIpc) is 3.00. The first-order chi connectivity index (χ1) is 12.8. The van der Waals surface area contributed by atoms with Gasteiger partial charge in [-0.05, 0) is 49.2 Å². The lowest BCUT2D eigenvalue weighted by molar-refractivity contribution is -0.120. The zero-order valence-electron chi connectivity index (χ0n) is 16.2. The number of aromatic amines is 2. The molecule has 3 aromatic rings. The van der Waals surface area contributed by atoms with Crippen molar-refractivity contribution in [3.8, 4) is 0 Å². The minimum absolute atomic E-state index is 0.0893. The lowest BCUT2D eigenvalue weighted by Gasteiger charge is -2.24. The van der Waals surface area contributed by atoms with Gasteiger partial charge >= 0.3 is 5.69 Å². The molecule has 1 aromatic heterocycles. The molecule has 1 amide bonds. The third-order valence-corrected chi connectivity index (χ3v) is 4.90. The minimum Gasteiger partial charge on any atom is -0.325 e. The summed E-state index contributed by atoms with van der Waals surface area (Å²) in [5.41, 5.74) is 4.27. The Morgan fingerprint density at radius 3 is 2.37 bits per heavy atom. The van der Waals surface area contributed by atoms with Crippen molar-refractivity contribution in [3.05, 3.63) is 64.1 Å². The van der Waals surface area contributed by atoms with Crippen LogP contribution in [0.4, 0.5) is 5.69 Å². The van der Waals surface area contributed by atoms with E-state index in [1.807, 2.05) is 18.9 Å². The van der Waals surface area contributed by atoms with E-state index in [0.717, 1.165) is 0 Å². The van der Waals surface area contributed by atoms with Crippen molar-refractivity contribution in [2.24, 2.45) is 0 Å². The van der Waals surface area contributed by atoms with Crippen LogP contribution in [-0.2, 0) is 11.3 Å². The quantitative estimate of drug-likeness (QED) is 0.625. The van der Waals surface area contributed by atoms with Crippen LogP contribution in [0.2, 0.25) is 0 Å². The molecule has 0 fully saturated rings. The smallest absolute Gasteiger partial charge is 0.323 e. The molecule has 3 rings (SSSR count). The Kier molecular flexibility index (Phi) is 5.46. The van der Waals surface area contributed by atoms with E-state index in [-0.39, 0.29) is 17.6 Å². The second kappa shape index (κ2) is 7.80. The van der Waals surface area contributed by atoms with Gasteiger partial charge in [-0.3, -0.25) is 9.69 Å². The van der Waals surface area contributed by atoms with Gasteiger partial charge in [0, 0.05) is 12.2 Å². The molecule has 0 aliphatic rings. The number of aromatic nitrogens is 2. The number of nitrogens with zero attached hydrogens (tertiary/aromatic N) is 1. The van der Waals surface area contributed by atoms with Crippen LogP contribution in [0.1, 0.15) is 37.8 Å². The van der Waals surface area contributed by atoms with Crippen LogP contribution in [0.15, 0.2) is 47.3 Å². The Morgan fingerprint density at radius 2 is 1.70 bits per heavy atom. The van der Waals surface area contributed by atoms with E-state index in [0.29, 0.717) is 29.2 Å². The lowest BCUT2D eigenvalue weighted by Crippen LogP contribution is -2.39. The lowest BCUT2D eigenvalue weighted by atomic mass is 10.0. The van der Waals surface area contributed by atoms with E-state index < -0.39 is 0 Å². The van der Waals surface area contributed by atoms with Crippen LogP contribution in [0.25, 0.3) is 11.0 Å². The number of imidazole rings is 1. The molecule has 3 N–H and O–H groups in total. The van der Waals surface area contributed by atoms with Crippen molar-refractivity contribution in [2.75, 3.05) is 12.4 Å². The summed E-state index contributed by atoms with van der Waals surface area (Å²) < 4.78 is 0. The topological polar surface area (TPSA) is 81.0 Å². The highest BCUT2D eigenvalue weighted by molar-refractivity contribution is 5.96. The van der Waals surface area contributed by atoms with Crippen LogP contribution in [0.5, 0.6) is 0 Å². The van der Waals surface area contributed by atoms with Gasteiger partial charge in [0.15, 0.2) is 0 Å². The van der Waals surface area contributed by atoms with Crippen LogP contribution in [-0.4, -0.2) is 33.9 Å². The SMILES string of the molecule is CC(C)c1ccc(CN(C)C(C)C(=O)Nc2ccc3[nH]c(=O)[nH]c3c2)cc1. The first-order valence-corrected chi connectivity index (χ1v) is 9.15. The van der Waals surface area contributed by atoms with E-state index in [4.69, 9.17) is 0 Å². The fraction of sp³-hybridized carbons (Fsp3) is 0.333. The first kappa shape index (κ1) is 18.9. The summed E-state index contributed by atoms with van der Waals surface area (Å²) in [6.07, 6.45) is 0. The summed E-state index contributed by atoms with van der Waals surface area (Å²) in [6.45, 7) is 6.92. The van der Waals surface area contributed by atoms with Gasteiger partial charge in [-0.2, -0.15) is 0 Å². The van der Waals surface area contributed by atoms with Gasteiger partial charge in [-0.15, -0.1) is 0 Å². The molecule has 0 aliphatic carbocycles. The molecule has 142 valence electrons. The third-order valence-electron chi connectivity index (χ3n) is 4.90. The second-order valence-corrected chi connectivity index (χ2v) is 7.32. The van der Waals surface area contributed by atoms with E-state index >= 15 is 0 Å². The predicted molar refractivity (Wildman–Crippen MR) is 109 cm³/mol. The fourth-order valence-electron chi connectivity index (χ4n) is 2.99. The summed E-state index contributed by atoms with van der Waals surface area (Å²) in [4.78, 5) is 31.3. The van der Waals surface area contributed by atoms with Crippen molar-refractivity contribution in [3.63, 3.8) is 0 Å². The summed E-state index contributed by atoms with van der Waals surface area (Å²) in [7, 11) is 1.94. The third kappa shape index (κ3) is 4.46. The van der Waals surface area contributed by atoms with E-state index in [1.165, 1.54) is 11.1 Å². The number of H-pyrrole nitrogens is 2. The van der Waals surface area contributed by atoms with Gasteiger partial charge in [-0.1, -0.05) is 38.1 Å².